The third-order valence-corrected chi connectivity index (χ3v) is 5.36. The number of ether oxygens (including phenoxy) is 1. The van der Waals surface area contributed by atoms with E-state index in [9.17, 15) is 18.4 Å². The Bertz CT molecular complexity index is 893. The summed E-state index contributed by atoms with van der Waals surface area (Å²) in [7, 11) is 0. The summed E-state index contributed by atoms with van der Waals surface area (Å²) in [4.78, 5) is 24.0. The van der Waals surface area contributed by atoms with E-state index in [1.165, 1.54) is 32.3 Å². The quantitative estimate of drug-likeness (QED) is 0.645. The lowest BCUT2D eigenvalue weighted by atomic mass is 9.98. The maximum Gasteiger partial charge on any atom is 0.222 e. The molecule has 31 heavy (non-hydrogen) atoms. The first kappa shape index (κ1) is 22.7. The van der Waals surface area contributed by atoms with Gasteiger partial charge in [-0.2, -0.15) is 0 Å². The number of hydrogen-bond acceptors (Lipinski definition) is 3. The van der Waals surface area contributed by atoms with Gasteiger partial charge in [0.1, 0.15) is 17.4 Å². The lowest BCUT2D eigenvalue weighted by Crippen LogP contribution is -2.33. The highest BCUT2D eigenvalue weighted by molar-refractivity contribution is 5.79. The molecule has 1 aliphatic rings. The number of halogens is 2. The summed E-state index contributed by atoms with van der Waals surface area (Å²) >= 11 is 0. The topological polar surface area (TPSA) is 67.4 Å². The predicted molar refractivity (Wildman–Crippen MR) is 113 cm³/mol. The molecule has 166 valence electrons. The summed E-state index contributed by atoms with van der Waals surface area (Å²) in [6.45, 7) is 1.48. The zero-order valence-electron chi connectivity index (χ0n) is 17.6. The maximum atomic E-state index is 14.2. The molecular weight excluding hydrogens is 402 g/mol. The minimum absolute atomic E-state index is 0.229. The Balaban J connectivity index is 1.60. The summed E-state index contributed by atoms with van der Waals surface area (Å²) < 4.78 is 34.4. The van der Waals surface area contributed by atoms with E-state index < -0.39 is 29.5 Å². The molecule has 1 aliphatic carbocycles. The van der Waals surface area contributed by atoms with Crippen LogP contribution in [0.5, 0.6) is 5.75 Å². The molecule has 1 atom stereocenters. The number of benzene rings is 2. The minimum Gasteiger partial charge on any atom is -0.490 e. The largest absolute Gasteiger partial charge is 0.490 e. The molecule has 3 rings (SSSR count). The van der Waals surface area contributed by atoms with Crippen LogP contribution in [-0.2, 0) is 16.1 Å². The number of hydrogen-bond donors (Lipinski definition) is 2. The van der Waals surface area contributed by atoms with Gasteiger partial charge in [0.2, 0.25) is 11.8 Å². The first-order valence-electron chi connectivity index (χ1n) is 10.7. The molecule has 1 saturated carbocycles. The number of carbonyl (C=O) groups excluding carboxylic acids is 2. The van der Waals surface area contributed by atoms with E-state index in [1.807, 2.05) is 24.3 Å². The molecular formula is C24H28F2N2O3. The molecule has 0 aliphatic heterocycles. The van der Waals surface area contributed by atoms with E-state index >= 15 is 0 Å². The van der Waals surface area contributed by atoms with Crippen LogP contribution in [0.2, 0.25) is 0 Å². The second-order valence-electron chi connectivity index (χ2n) is 7.89. The van der Waals surface area contributed by atoms with Crippen molar-refractivity contribution in [3.05, 3.63) is 65.2 Å². The van der Waals surface area contributed by atoms with Crippen LogP contribution < -0.4 is 15.4 Å². The Kier molecular flexibility index (Phi) is 7.98. The van der Waals surface area contributed by atoms with Gasteiger partial charge in [-0.3, -0.25) is 9.59 Å². The van der Waals surface area contributed by atoms with Crippen LogP contribution in [0.4, 0.5) is 8.78 Å². The van der Waals surface area contributed by atoms with Gasteiger partial charge in [-0.15, -0.1) is 0 Å². The third-order valence-electron chi connectivity index (χ3n) is 5.36. The molecule has 2 aromatic rings. The second-order valence-corrected chi connectivity index (χ2v) is 7.89. The standard InChI is InChI=1S/C24H28F2N2O3/c1-16(29)28-22(24-20(25)11-6-12-21(24)26)14-23(30)27-15-17-7-5-10-19(13-17)31-18-8-3-2-4-9-18/h5-7,10-13,18,22H,2-4,8-9,14-15H2,1H3,(H,27,30)(H,28,29). The Hall–Kier alpha value is -2.96. The Morgan fingerprint density at radius 3 is 2.42 bits per heavy atom. The van der Waals surface area contributed by atoms with Crippen LogP contribution in [0.25, 0.3) is 0 Å². The maximum absolute atomic E-state index is 14.2. The molecule has 2 N–H and O–H groups in total. The van der Waals surface area contributed by atoms with Crippen molar-refractivity contribution >= 4 is 11.8 Å². The smallest absolute Gasteiger partial charge is 0.222 e. The lowest BCUT2D eigenvalue weighted by Gasteiger charge is -2.23. The van der Waals surface area contributed by atoms with Crippen LogP contribution in [0.1, 0.15) is 62.6 Å². The van der Waals surface area contributed by atoms with E-state index in [4.69, 9.17) is 4.74 Å². The Labute approximate surface area is 181 Å². The predicted octanol–water partition coefficient (Wildman–Crippen LogP) is 4.56. The van der Waals surface area contributed by atoms with Crippen molar-refractivity contribution in [2.45, 2.75) is 64.1 Å². The van der Waals surface area contributed by atoms with Crippen LogP contribution in [0, 0.1) is 11.6 Å². The van der Waals surface area contributed by atoms with E-state index in [0.717, 1.165) is 36.3 Å². The average molecular weight is 430 g/mol. The molecule has 0 bridgehead atoms. The van der Waals surface area contributed by atoms with Crippen molar-refractivity contribution in [1.29, 1.82) is 0 Å². The van der Waals surface area contributed by atoms with Gasteiger partial charge < -0.3 is 15.4 Å². The number of nitrogens with one attached hydrogen (secondary N) is 2. The van der Waals surface area contributed by atoms with Gasteiger partial charge >= 0.3 is 0 Å². The minimum atomic E-state index is -1.10. The summed E-state index contributed by atoms with van der Waals surface area (Å²) in [6.07, 6.45) is 5.66. The fourth-order valence-corrected chi connectivity index (χ4v) is 3.88. The van der Waals surface area contributed by atoms with Crippen molar-refractivity contribution in [2.24, 2.45) is 0 Å². The van der Waals surface area contributed by atoms with Crippen molar-refractivity contribution in [2.75, 3.05) is 0 Å². The van der Waals surface area contributed by atoms with Crippen molar-refractivity contribution in [1.82, 2.24) is 10.6 Å². The fraction of sp³-hybridized carbons (Fsp3) is 0.417. The first-order valence-corrected chi connectivity index (χ1v) is 10.7. The Morgan fingerprint density at radius 1 is 1.06 bits per heavy atom. The van der Waals surface area contributed by atoms with Gasteiger partial charge in [-0.1, -0.05) is 24.6 Å². The van der Waals surface area contributed by atoms with E-state index in [1.54, 1.807) is 0 Å². The zero-order chi connectivity index (χ0) is 22.2. The van der Waals surface area contributed by atoms with E-state index in [0.29, 0.717) is 0 Å². The highest BCUT2D eigenvalue weighted by Gasteiger charge is 2.23. The zero-order valence-corrected chi connectivity index (χ0v) is 17.6. The molecule has 5 nitrogen and oxygen atoms in total. The molecule has 0 heterocycles. The molecule has 2 amide bonds. The second kappa shape index (κ2) is 10.9. The van der Waals surface area contributed by atoms with Crippen molar-refractivity contribution in [3.8, 4) is 5.75 Å². The summed E-state index contributed by atoms with van der Waals surface area (Å²) in [5.74, 6) is -1.76. The van der Waals surface area contributed by atoms with E-state index in [2.05, 4.69) is 10.6 Å². The van der Waals surface area contributed by atoms with E-state index in [-0.39, 0.29) is 24.6 Å². The molecule has 0 radical (unpaired) electrons. The number of rotatable bonds is 8. The normalized spacial score (nSPS) is 15.2. The molecule has 1 fully saturated rings. The molecule has 0 saturated heterocycles. The van der Waals surface area contributed by atoms with Gasteiger partial charge in [-0.05, 0) is 55.5 Å². The fourth-order valence-electron chi connectivity index (χ4n) is 3.88. The third kappa shape index (κ3) is 6.77. The summed E-state index contributed by atoms with van der Waals surface area (Å²) in [5.41, 5.74) is 0.533. The first-order chi connectivity index (χ1) is 14.9. The highest BCUT2D eigenvalue weighted by Crippen LogP contribution is 2.25. The molecule has 7 heteroatoms. The molecule has 0 aromatic heterocycles. The van der Waals surface area contributed by atoms with Crippen molar-refractivity contribution in [3.63, 3.8) is 0 Å². The summed E-state index contributed by atoms with van der Waals surface area (Å²) in [6, 6.07) is 9.86. The van der Waals surface area contributed by atoms with Gasteiger partial charge in [0.15, 0.2) is 0 Å². The molecule has 2 aromatic carbocycles. The molecule has 0 spiro atoms. The van der Waals surface area contributed by atoms with Crippen LogP contribution in [0.3, 0.4) is 0 Å². The SMILES string of the molecule is CC(=O)NC(CC(=O)NCc1cccc(OC2CCCCC2)c1)c1c(F)cccc1F. The number of amides is 2. The van der Waals surface area contributed by atoms with Gasteiger partial charge in [0.05, 0.1) is 18.6 Å². The number of carbonyl (C=O) groups is 2. The van der Waals surface area contributed by atoms with Crippen LogP contribution in [-0.4, -0.2) is 17.9 Å². The monoisotopic (exact) mass is 430 g/mol. The highest BCUT2D eigenvalue weighted by atomic mass is 19.1. The summed E-state index contributed by atoms with van der Waals surface area (Å²) in [5, 5.41) is 5.21. The van der Waals surface area contributed by atoms with Gasteiger partial charge in [0.25, 0.3) is 0 Å². The van der Waals surface area contributed by atoms with Crippen LogP contribution in [0.15, 0.2) is 42.5 Å². The van der Waals surface area contributed by atoms with Gasteiger partial charge in [0, 0.05) is 19.0 Å². The Morgan fingerprint density at radius 2 is 1.74 bits per heavy atom. The van der Waals surface area contributed by atoms with Crippen LogP contribution >= 0.6 is 0 Å². The van der Waals surface area contributed by atoms with Crippen molar-refractivity contribution < 1.29 is 23.1 Å². The lowest BCUT2D eigenvalue weighted by molar-refractivity contribution is -0.123. The van der Waals surface area contributed by atoms with Gasteiger partial charge in [-0.25, -0.2) is 8.78 Å². The average Bonchev–Trinajstić information content (AvgIpc) is 2.73. The molecule has 1 unspecified atom stereocenters.